The number of carbonyl (C=O) groups is 1. The molecule has 0 saturated heterocycles. The molecule has 0 unspecified atom stereocenters. The van der Waals surface area contributed by atoms with Gasteiger partial charge in [-0.2, -0.15) is 0 Å². The van der Waals surface area contributed by atoms with Crippen molar-refractivity contribution in [2.75, 3.05) is 20.4 Å². The van der Waals surface area contributed by atoms with Gasteiger partial charge < -0.3 is 13.8 Å². The number of rotatable bonds is 8. The van der Waals surface area contributed by atoms with Crippen LogP contribution < -0.4 is 0 Å². The van der Waals surface area contributed by atoms with Crippen LogP contribution in [0.15, 0.2) is 30.3 Å². The molecule has 0 bridgehead atoms. The zero-order valence-corrected chi connectivity index (χ0v) is 13.0. The van der Waals surface area contributed by atoms with Gasteiger partial charge >= 0.3 is 13.6 Å². The summed E-state index contributed by atoms with van der Waals surface area (Å²) >= 11 is 0. The van der Waals surface area contributed by atoms with Crippen molar-refractivity contribution in [2.45, 2.75) is 20.0 Å². The van der Waals surface area contributed by atoms with Gasteiger partial charge in [0.1, 0.15) is 6.61 Å². The van der Waals surface area contributed by atoms with Crippen molar-refractivity contribution >= 4 is 13.6 Å². The van der Waals surface area contributed by atoms with Crippen molar-refractivity contribution in [2.24, 2.45) is 5.92 Å². The predicted molar refractivity (Wildman–Crippen MR) is 76.5 cm³/mol. The van der Waals surface area contributed by atoms with E-state index in [0.29, 0.717) is 6.42 Å². The Morgan fingerprint density at radius 2 is 1.80 bits per heavy atom. The fourth-order valence-corrected chi connectivity index (χ4v) is 2.82. The number of carbonyl (C=O) groups excluding carboxylic acids is 1. The molecule has 0 fully saturated rings. The van der Waals surface area contributed by atoms with Crippen LogP contribution in [-0.2, 0) is 29.8 Å². The quantitative estimate of drug-likeness (QED) is 0.545. The summed E-state index contributed by atoms with van der Waals surface area (Å²) < 4.78 is 26.7. The number of hydrogen-bond acceptors (Lipinski definition) is 5. The molecule has 0 spiro atoms. The number of benzene rings is 1. The van der Waals surface area contributed by atoms with E-state index in [4.69, 9.17) is 13.8 Å². The summed E-state index contributed by atoms with van der Waals surface area (Å²) in [5.74, 6) is -0.662. The molecule has 0 saturated carbocycles. The van der Waals surface area contributed by atoms with Crippen LogP contribution in [0.25, 0.3) is 0 Å². The second kappa shape index (κ2) is 8.20. The fourth-order valence-electron chi connectivity index (χ4n) is 1.60. The van der Waals surface area contributed by atoms with E-state index < -0.39 is 7.60 Å². The third kappa shape index (κ3) is 5.45. The first-order valence-corrected chi connectivity index (χ1v) is 8.14. The van der Waals surface area contributed by atoms with Gasteiger partial charge in [-0.25, -0.2) is 0 Å². The highest BCUT2D eigenvalue weighted by atomic mass is 31.2. The van der Waals surface area contributed by atoms with E-state index >= 15 is 0 Å². The van der Waals surface area contributed by atoms with Crippen LogP contribution in [0.1, 0.15) is 18.9 Å². The Morgan fingerprint density at radius 3 is 2.35 bits per heavy atom. The van der Waals surface area contributed by atoms with Crippen LogP contribution in [0.3, 0.4) is 0 Å². The molecule has 6 heteroatoms. The molecule has 0 amide bonds. The van der Waals surface area contributed by atoms with Crippen molar-refractivity contribution in [1.82, 2.24) is 0 Å². The summed E-state index contributed by atoms with van der Waals surface area (Å²) in [6, 6.07) is 9.46. The summed E-state index contributed by atoms with van der Waals surface area (Å²) in [4.78, 5) is 11.8. The van der Waals surface area contributed by atoms with E-state index in [-0.39, 0.29) is 24.7 Å². The van der Waals surface area contributed by atoms with Gasteiger partial charge in [0.15, 0.2) is 0 Å². The molecule has 0 N–H and O–H groups in total. The first kappa shape index (κ1) is 16.9. The molecule has 1 rings (SSSR count). The Kier molecular flexibility index (Phi) is 6.93. The Balaban J connectivity index is 2.38. The second-order valence-electron chi connectivity index (χ2n) is 4.48. The average Bonchev–Trinajstić information content (AvgIpc) is 2.50. The SMILES string of the molecule is COP(=O)(CC[C@@H](C)C(=O)OCc1ccccc1)OC. The number of ether oxygens (including phenoxy) is 1. The van der Waals surface area contributed by atoms with E-state index in [0.717, 1.165) is 5.56 Å². The molecule has 1 aromatic carbocycles. The zero-order valence-electron chi connectivity index (χ0n) is 12.1. The van der Waals surface area contributed by atoms with Gasteiger partial charge in [0.2, 0.25) is 0 Å². The monoisotopic (exact) mass is 300 g/mol. The topological polar surface area (TPSA) is 61.8 Å². The molecule has 5 nitrogen and oxygen atoms in total. The third-order valence-corrected chi connectivity index (χ3v) is 4.94. The summed E-state index contributed by atoms with van der Waals surface area (Å²) in [5, 5.41) is 0. The molecule has 20 heavy (non-hydrogen) atoms. The van der Waals surface area contributed by atoms with Gasteiger partial charge in [0.05, 0.1) is 12.1 Å². The highest BCUT2D eigenvalue weighted by Gasteiger charge is 2.24. The van der Waals surface area contributed by atoms with Crippen molar-refractivity contribution < 1.29 is 23.1 Å². The van der Waals surface area contributed by atoms with E-state index in [1.165, 1.54) is 14.2 Å². The summed E-state index contributed by atoms with van der Waals surface area (Å²) in [5.41, 5.74) is 0.938. The lowest BCUT2D eigenvalue weighted by Gasteiger charge is -2.16. The molecular weight excluding hydrogens is 279 g/mol. The molecule has 0 aliphatic heterocycles. The van der Waals surface area contributed by atoms with Gasteiger partial charge in [-0.05, 0) is 12.0 Å². The van der Waals surface area contributed by atoms with Crippen LogP contribution >= 0.6 is 7.60 Å². The maximum absolute atomic E-state index is 11.9. The average molecular weight is 300 g/mol. The minimum atomic E-state index is -3.06. The lowest BCUT2D eigenvalue weighted by Crippen LogP contribution is -2.16. The molecule has 0 heterocycles. The molecule has 1 atom stereocenters. The Morgan fingerprint density at radius 1 is 1.20 bits per heavy atom. The van der Waals surface area contributed by atoms with Gasteiger partial charge in [-0.3, -0.25) is 9.36 Å². The molecule has 0 aromatic heterocycles. The van der Waals surface area contributed by atoms with Crippen molar-refractivity contribution in [3.8, 4) is 0 Å². The van der Waals surface area contributed by atoms with Crippen molar-refractivity contribution in [3.63, 3.8) is 0 Å². The van der Waals surface area contributed by atoms with Crippen LogP contribution in [-0.4, -0.2) is 26.4 Å². The summed E-state index contributed by atoms with van der Waals surface area (Å²) in [6.07, 6.45) is 0.591. The van der Waals surface area contributed by atoms with E-state index in [9.17, 15) is 9.36 Å². The fraction of sp³-hybridized carbons (Fsp3) is 0.500. The minimum Gasteiger partial charge on any atom is -0.461 e. The highest BCUT2D eigenvalue weighted by molar-refractivity contribution is 7.53. The van der Waals surface area contributed by atoms with Gasteiger partial charge in [0, 0.05) is 14.2 Å². The van der Waals surface area contributed by atoms with Gasteiger partial charge in [-0.15, -0.1) is 0 Å². The highest BCUT2D eigenvalue weighted by Crippen LogP contribution is 2.47. The minimum absolute atomic E-state index is 0.196. The predicted octanol–water partition coefficient (Wildman–Crippen LogP) is 3.24. The zero-order chi connectivity index (χ0) is 15.0. The largest absolute Gasteiger partial charge is 0.461 e. The molecule has 112 valence electrons. The molecule has 0 radical (unpaired) electrons. The van der Waals surface area contributed by atoms with Gasteiger partial charge in [0.25, 0.3) is 0 Å². The Bertz CT molecular complexity index is 452. The Labute approximate surface area is 119 Å². The summed E-state index contributed by atoms with van der Waals surface area (Å²) in [6.45, 7) is 1.99. The van der Waals surface area contributed by atoms with E-state index in [2.05, 4.69) is 0 Å². The molecular formula is C14H21O5P. The summed E-state index contributed by atoms with van der Waals surface area (Å²) in [7, 11) is -0.388. The lowest BCUT2D eigenvalue weighted by molar-refractivity contribution is -0.149. The maximum atomic E-state index is 11.9. The maximum Gasteiger partial charge on any atom is 0.330 e. The Hall–Kier alpha value is -1.16. The smallest absolute Gasteiger partial charge is 0.330 e. The first-order chi connectivity index (χ1) is 9.50. The van der Waals surface area contributed by atoms with Gasteiger partial charge in [-0.1, -0.05) is 37.3 Å². The second-order valence-corrected chi connectivity index (χ2v) is 6.88. The molecule has 1 aromatic rings. The van der Waals surface area contributed by atoms with Crippen molar-refractivity contribution in [3.05, 3.63) is 35.9 Å². The molecule has 0 aliphatic rings. The normalized spacial score (nSPS) is 12.9. The lowest BCUT2D eigenvalue weighted by atomic mass is 10.1. The third-order valence-electron chi connectivity index (χ3n) is 3.02. The van der Waals surface area contributed by atoms with E-state index in [1.54, 1.807) is 6.92 Å². The van der Waals surface area contributed by atoms with Crippen LogP contribution in [0.5, 0.6) is 0 Å². The first-order valence-electron chi connectivity index (χ1n) is 6.42. The van der Waals surface area contributed by atoms with Crippen LogP contribution in [0, 0.1) is 5.92 Å². The van der Waals surface area contributed by atoms with Crippen LogP contribution in [0.2, 0.25) is 0 Å². The number of esters is 1. The van der Waals surface area contributed by atoms with E-state index in [1.807, 2.05) is 30.3 Å². The standard InChI is InChI=1S/C14H21O5P/c1-12(9-10-20(16,17-2)18-3)14(15)19-11-13-7-5-4-6-8-13/h4-8,12H,9-11H2,1-3H3/t12-/m1/s1. The van der Waals surface area contributed by atoms with Crippen molar-refractivity contribution in [1.29, 1.82) is 0 Å². The van der Waals surface area contributed by atoms with Crippen LogP contribution in [0.4, 0.5) is 0 Å². The molecule has 0 aliphatic carbocycles. The number of hydrogen-bond donors (Lipinski definition) is 0.